The molecule has 1 amide bonds. The molecule has 0 fully saturated rings. The Kier molecular flexibility index (Phi) is 4.60. The zero-order valence-electron chi connectivity index (χ0n) is 15.6. The summed E-state index contributed by atoms with van der Waals surface area (Å²) in [6, 6.07) is 10.2. The number of aryl methyl sites for hydroxylation is 1. The topological polar surface area (TPSA) is 70.1 Å². The van der Waals surface area contributed by atoms with Crippen LogP contribution >= 0.6 is 0 Å². The maximum absolute atomic E-state index is 12.7. The summed E-state index contributed by atoms with van der Waals surface area (Å²) < 4.78 is 39.4. The van der Waals surface area contributed by atoms with Gasteiger partial charge in [0, 0.05) is 31.4 Å². The number of aromatic amines is 1. The molecule has 0 saturated carbocycles. The molecule has 0 bridgehead atoms. The second-order valence-electron chi connectivity index (χ2n) is 7.15. The summed E-state index contributed by atoms with van der Waals surface area (Å²) in [5, 5.41) is 2.81. The first-order chi connectivity index (χ1) is 13.7. The lowest BCUT2D eigenvalue weighted by atomic mass is 10.1. The number of nitrogens with zero attached hydrogens (tertiary/aromatic N) is 2. The first-order valence-corrected chi connectivity index (χ1v) is 9.12. The van der Waals surface area contributed by atoms with Crippen LogP contribution in [0.15, 0.2) is 41.2 Å². The maximum atomic E-state index is 12.7. The van der Waals surface area contributed by atoms with Gasteiger partial charge in [-0.3, -0.25) is 9.36 Å². The molecule has 2 heterocycles. The highest BCUT2D eigenvalue weighted by Crippen LogP contribution is 2.31. The third-order valence-electron chi connectivity index (χ3n) is 5.13. The van der Waals surface area contributed by atoms with Crippen LogP contribution in [0.1, 0.15) is 21.5 Å². The number of amides is 1. The van der Waals surface area contributed by atoms with Crippen molar-refractivity contribution in [3.63, 3.8) is 0 Å². The second-order valence-corrected chi connectivity index (χ2v) is 7.15. The van der Waals surface area contributed by atoms with Crippen molar-refractivity contribution in [3.05, 3.63) is 63.6 Å². The molecule has 0 atom stereocenters. The lowest BCUT2D eigenvalue weighted by molar-refractivity contribution is -0.119. The number of hydrogen-bond acceptors (Lipinski definition) is 3. The summed E-state index contributed by atoms with van der Waals surface area (Å²) in [7, 11) is 1.64. The number of nitrogens with one attached hydrogen (secondary N) is 2. The minimum absolute atomic E-state index is 0.254. The van der Waals surface area contributed by atoms with Gasteiger partial charge < -0.3 is 15.2 Å². The van der Waals surface area contributed by atoms with Crippen molar-refractivity contribution < 1.29 is 18.0 Å². The molecule has 1 aliphatic heterocycles. The predicted molar refractivity (Wildman–Crippen MR) is 103 cm³/mol. The Morgan fingerprint density at radius 2 is 2.00 bits per heavy atom. The second kappa shape index (κ2) is 6.98. The average Bonchev–Trinajstić information content (AvgIpc) is 3.18. The van der Waals surface area contributed by atoms with Gasteiger partial charge >= 0.3 is 11.9 Å². The van der Waals surface area contributed by atoms with Crippen molar-refractivity contribution >= 4 is 22.6 Å². The number of carbonyl (C=O) groups is 1. The lowest BCUT2D eigenvalue weighted by Gasteiger charge is -2.21. The lowest BCUT2D eigenvalue weighted by Crippen LogP contribution is -2.32. The third kappa shape index (κ3) is 3.85. The molecule has 0 radical (unpaired) electrons. The molecular weight excluding hydrogens is 385 g/mol. The number of aromatic nitrogens is 2. The van der Waals surface area contributed by atoms with E-state index in [0.29, 0.717) is 35.2 Å². The molecule has 0 aliphatic carbocycles. The molecule has 0 saturated heterocycles. The summed E-state index contributed by atoms with van der Waals surface area (Å²) in [5.74, 6) is -0.296. The van der Waals surface area contributed by atoms with Gasteiger partial charge in [-0.1, -0.05) is 12.1 Å². The molecule has 4 rings (SSSR count). The van der Waals surface area contributed by atoms with Crippen LogP contribution in [-0.2, 0) is 20.0 Å². The van der Waals surface area contributed by atoms with E-state index in [-0.39, 0.29) is 18.1 Å². The predicted octanol–water partition coefficient (Wildman–Crippen LogP) is 2.72. The average molecular weight is 404 g/mol. The van der Waals surface area contributed by atoms with Gasteiger partial charge in [0.15, 0.2) is 0 Å². The van der Waals surface area contributed by atoms with Crippen LogP contribution in [0.5, 0.6) is 0 Å². The molecule has 9 heteroatoms. The van der Waals surface area contributed by atoms with Crippen LogP contribution in [0.25, 0.3) is 11.0 Å². The fourth-order valence-electron chi connectivity index (χ4n) is 3.68. The molecule has 3 aromatic rings. The van der Waals surface area contributed by atoms with E-state index >= 15 is 0 Å². The maximum Gasteiger partial charge on any atom is 0.405 e. The number of carbonyl (C=O) groups excluding carboxylic acids is 1. The van der Waals surface area contributed by atoms with Crippen molar-refractivity contribution in [3.8, 4) is 0 Å². The standard InChI is InChI=1S/C20H19F3N4O2/c1-26-17-5-3-14(9-15(17)25-19(26)29)18(28)24-10-12-2-4-16-13(8-12)6-7-27(16)11-20(21,22)23/h2-5,8-9H,6-7,10-11H2,1H3,(H,24,28)(H,25,29). The van der Waals surface area contributed by atoms with E-state index in [1.165, 1.54) is 9.47 Å². The Bertz CT molecular complexity index is 1150. The number of halogens is 3. The monoisotopic (exact) mass is 404 g/mol. The Morgan fingerprint density at radius 3 is 2.76 bits per heavy atom. The molecule has 152 valence electrons. The third-order valence-corrected chi connectivity index (χ3v) is 5.13. The van der Waals surface area contributed by atoms with Crippen molar-refractivity contribution in [2.75, 3.05) is 18.0 Å². The summed E-state index contributed by atoms with van der Waals surface area (Å²) in [6.07, 6.45) is -3.69. The van der Waals surface area contributed by atoms with Crippen molar-refractivity contribution in [2.24, 2.45) is 7.05 Å². The van der Waals surface area contributed by atoms with Gasteiger partial charge in [0.2, 0.25) is 0 Å². The number of anilines is 1. The fraction of sp³-hybridized carbons (Fsp3) is 0.300. The summed E-state index contributed by atoms with van der Waals surface area (Å²) >= 11 is 0. The Balaban J connectivity index is 1.44. The van der Waals surface area contributed by atoms with Gasteiger partial charge in [-0.05, 0) is 41.8 Å². The number of alkyl halides is 3. The molecule has 0 spiro atoms. The number of benzene rings is 2. The number of fused-ring (bicyclic) bond motifs is 2. The van der Waals surface area contributed by atoms with Crippen molar-refractivity contribution in [1.82, 2.24) is 14.9 Å². The molecule has 29 heavy (non-hydrogen) atoms. The van der Waals surface area contributed by atoms with E-state index in [2.05, 4.69) is 10.3 Å². The van der Waals surface area contributed by atoms with Crippen molar-refractivity contribution in [2.45, 2.75) is 19.1 Å². The first kappa shape index (κ1) is 19.1. The smallest absolute Gasteiger partial charge is 0.362 e. The number of imidazole rings is 1. The van der Waals surface area contributed by atoms with E-state index in [4.69, 9.17) is 0 Å². The normalized spacial score (nSPS) is 13.7. The van der Waals surface area contributed by atoms with E-state index in [0.717, 1.165) is 11.1 Å². The minimum atomic E-state index is -4.24. The first-order valence-electron chi connectivity index (χ1n) is 9.12. The van der Waals surface area contributed by atoms with Crippen LogP contribution in [0.3, 0.4) is 0 Å². The summed E-state index contributed by atoms with van der Waals surface area (Å²) in [4.78, 5) is 28.1. The van der Waals surface area contributed by atoms with Crippen LogP contribution in [0.2, 0.25) is 0 Å². The van der Waals surface area contributed by atoms with Crippen LogP contribution < -0.4 is 15.9 Å². The largest absolute Gasteiger partial charge is 0.405 e. The Labute approximate surface area is 163 Å². The Hall–Kier alpha value is -3.23. The zero-order valence-corrected chi connectivity index (χ0v) is 15.6. The molecular formula is C20H19F3N4O2. The van der Waals surface area contributed by atoms with Gasteiger partial charge in [-0.2, -0.15) is 13.2 Å². The molecule has 6 nitrogen and oxygen atoms in total. The van der Waals surface area contributed by atoms with Gasteiger partial charge in [-0.15, -0.1) is 0 Å². The zero-order chi connectivity index (χ0) is 20.8. The van der Waals surface area contributed by atoms with E-state index in [9.17, 15) is 22.8 Å². The van der Waals surface area contributed by atoms with Crippen LogP contribution in [-0.4, -0.2) is 34.7 Å². The number of H-pyrrole nitrogens is 1. The molecule has 2 N–H and O–H groups in total. The summed E-state index contributed by atoms with van der Waals surface area (Å²) in [5.41, 5.74) is 3.70. The van der Waals surface area contributed by atoms with Gasteiger partial charge in [0.25, 0.3) is 5.91 Å². The van der Waals surface area contributed by atoms with Crippen LogP contribution in [0.4, 0.5) is 18.9 Å². The summed E-state index contributed by atoms with van der Waals surface area (Å²) in [6.45, 7) is -0.366. The van der Waals surface area contributed by atoms with E-state index < -0.39 is 12.7 Å². The highest BCUT2D eigenvalue weighted by Gasteiger charge is 2.33. The molecule has 1 aromatic heterocycles. The van der Waals surface area contributed by atoms with Gasteiger partial charge in [0.05, 0.1) is 11.0 Å². The minimum Gasteiger partial charge on any atom is -0.362 e. The van der Waals surface area contributed by atoms with Crippen LogP contribution in [0, 0.1) is 0 Å². The number of hydrogen-bond donors (Lipinski definition) is 2. The van der Waals surface area contributed by atoms with E-state index in [1.807, 2.05) is 6.07 Å². The fourth-order valence-corrected chi connectivity index (χ4v) is 3.68. The SMILES string of the molecule is Cn1c(=O)[nH]c2cc(C(=O)NCc3ccc4c(c3)CCN4CC(F)(F)F)ccc21. The number of rotatable bonds is 4. The quantitative estimate of drug-likeness (QED) is 0.703. The van der Waals surface area contributed by atoms with Gasteiger partial charge in [-0.25, -0.2) is 4.79 Å². The van der Waals surface area contributed by atoms with E-state index in [1.54, 1.807) is 37.4 Å². The Morgan fingerprint density at radius 1 is 1.21 bits per heavy atom. The molecule has 2 aromatic carbocycles. The highest BCUT2D eigenvalue weighted by molar-refractivity contribution is 5.97. The molecule has 0 unspecified atom stereocenters. The highest BCUT2D eigenvalue weighted by atomic mass is 19.4. The van der Waals surface area contributed by atoms with Gasteiger partial charge in [0.1, 0.15) is 6.54 Å². The molecule has 1 aliphatic rings. The van der Waals surface area contributed by atoms with Crippen molar-refractivity contribution in [1.29, 1.82) is 0 Å².